The molecule has 30 heavy (non-hydrogen) atoms. The topological polar surface area (TPSA) is 97.2 Å². The van der Waals surface area contributed by atoms with E-state index in [0.717, 1.165) is 22.0 Å². The molecule has 0 bridgehead atoms. The smallest absolute Gasteiger partial charge is 0.329 e. The lowest BCUT2D eigenvalue weighted by atomic mass is 10.0. The average molecular weight is 423 g/mol. The van der Waals surface area contributed by atoms with Crippen LogP contribution in [-0.4, -0.2) is 28.1 Å². The Balaban J connectivity index is 1.54. The fourth-order valence-corrected chi connectivity index (χ4v) is 3.93. The number of benzene rings is 1. The molecule has 3 aromatic heterocycles. The van der Waals surface area contributed by atoms with E-state index in [1.807, 2.05) is 35.8 Å². The summed E-state index contributed by atoms with van der Waals surface area (Å²) in [5.74, 6) is -0.203. The van der Waals surface area contributed by atoms with E-state index in [0.29, 0.717) is 22.8 Å². The van der Waals surface area contributed by atoms with Crippen molar-refractivity contribution in [2.24, 2.45) is 0 Å². The summed E-state index contributed by atoms with van der Waals surface area (Å²) in [6.07, 6.45) is 2.16. The molecule has 0 spiro atoms. The number of hydrogen-bond acceptors (Lipinski definition) is 6. The molecule has 0 fully saturated rings. The molecule has 7 nitrogen and oxygen atoms in total. The average Bonchev–Trinajstić information content (AvgIpc) is 3.48. The lowest BCUT2D eigenvalue weighted by Gasteiger charge is -2.17. The highest BCUT2D eigenvalue weighted by atomic mass is 32.1. The number of fused-ring (bicyclic) bond motifs is 1. The molecule has 1 aromatic carbocycles. The number of carbonyl (C=O) groups is 2. The van der Waals surface area contributed by atoms with Crippen LogP contribution in [0.25, 0.3) is 10.9 Å². The van der Waals surface area contributed by atoms with Crippen LogP contribution in [0.2, 0.25) is 0 Å². The molecule has 4 aromatic rings. The summed E-state index contributed by atoms with van der Waals surface area (Å²) in [4.78, 5) is 29.3. The van der Waals surface area contributed by atoms with E-state index in [2.05, 4.69) is 15.5 Å². The Labute approximate surface area is 177 Å². The van der Waals surface area contributed by atoms with Crippen molar-refractivity contribution in [3.8, 4) is 0 Å². The first-order valence-electron chi connectivity index (χ1n) is 9.50. The van der Waals surface area contributed by atoms with Gasteiger partial charge in [0.05, 0.1) is 16.1 Å². The number of nitrogens with zero attached hydrogens (tertiary/aromatic N) is 1. The predicted molar refractivity (Wildman–Crippen MR) is 113 cm³/mol. The van der Waals surface area contributed by atoms with Gasteiger partial charge in [-0.1, -0.05) is 29.4 Å². The van der Waals surface area contributed by atoms with Crippen molar-refractivity contribution in [2.75, 3.05) is 0 Å². The first-order valence-corrected chi connectivity index (χ1v) is 10.4. The summed E-state index contributed by atoms with van der Waals surface area (Å²) in [5.41, 5.74) is 3.31. The van der Waals surface area contributed by atoms with Crippen LogP contribution in [0, 0.1) is 13.8 Å². The van der Waals surface area contributed by atoms with Crippen molar-refractivity contribution in [2.45, 2.75) is 32.9 Å². The van der Waals surface area contributed by atoms with Crippen molar-refractivity contribution in [1.82, 2.24) is 15.5 Å². The van der Waals surface area contributed by atoms with Gasteiger partial charge in [0.1, 0.15) is 18.4 Å². The highest BCUT2D eigenvalue weighted by Crippen LogP contribution is 2.20. The minimum Gasteiger partial charge on any atom is -0.459 e. The Hall–Kier alpha value is -3.39. The zero-order chi connectivity index (χ0) is 21.1. The normalized spacial score (nSPS) is 12.1. The van der Waals surface area contributed by atoms with E-state index in [1.165, 1.54) is 11.3 Å². The predicted octanol–water partition coefficient (Wildman–Crippen LogP) is 3.92. The number of para-hydroxylation sites is 1. The summed E-state index contributed by atoms with van der Waals surface area (Å²) in [5, 5.41) is 9.53. The van der Waals surface area contributed by atoms with Gasteiger partial charge in [-0.3, -0.25) is 4.79 Å². The summed E-state index contributed by atoms with van der Waals surface area (Å²) in [6, 6.07) is 10.5. The Morgan fingerprint density at radius 3 is 2.80 bits per heavy atom. The second-order valence-corrected chi connectivity index (χ2v) is 7.93. The number of nitrogens with one attached hydrogen (secondary N) is 2. The minimum absolute atomic E-state index is 0.0409. The second-order valence-electron chi connectivity index (χ2n) is 6.98. The standard InChI is InChI=1S/C22H21N3O4S/c1-13-17(14(2)29-25-13)12-28-22(27)19(24-21(26)20-8-5-9-30-20)10-15-11-23-18-7-4-3-6-16(15)18/h3-9,11,19,23H,10,12H2,1-2H3,(H,24,26)/t19-/m1/s1. The zero-order valence-electron chi connectivity index (χ0n) is 16.6. The third-order valence-corrected chi connectivity index (χ3v) is 5.84. The Bertz CT molecular complexity index is 1160. The van der Waals surface area contributed by atoms with Gasteiger partial charge in [0.15, 0.2) is 0 Å². The SMILES string of the molecule is Cc1noc(C)c1COC(=O)[C@@H](Cc1c[nH]c2ccccc12)NC(=O)c1cccs1. The van der Waals surface area contributed by atoms with E-state index in [4.69, 9.17) is 9.26 Å². The maximum absolute atomic E-state index is 12.9. The molecular weight excluding hydrogens is 402 g/mol. The van der Waals surface area contributed by atoms with E-state index in [-0.39, 0.29) is 12.5 Å². The van der Waals surface area contributed by atoms with Gasteiger partial charge in [-0.25, -0.2) is 4.79 Å². The molecule has 2 N–H and O–H groups in total. The molecule has 154 valence electrons. The van der Waals surface area contributed by atoms with E-state index < -0.39 is 12.0 Å². The maximum atomic E-state index is 12.9. The molecule has 0 aliphatic heterocycles. The van der Waals surface area contributed by atoms with Crippen LogP contribution in [0.15, 0.2) is 52.5 Å². The van der Waals surface area contributed by atoms with Crippen molar-refractivity contribution >= 4 is 34.1 Å². The quantitative estimate of drug-likeness (QED) is 0.439. The van der Waals surface area contributed by atoms with Crippen LogP contribution in [0.5, 0.6) is 0 Å². The van der Waals surface area contributed by atoms with Crippen molar-refractivity contribution < 1.29 is 18.8 Å². The Morgan fingerprint density at radius 2 is 2.07 bits per heavy atom. The minimum atomic E-state index is -0.834. The summed E-state index contributed by atoms with van der Waals surface area (Å²) < 4.78 is 10.7. The number of rotatable bonds is 7. The fraction of sp³-hybridized carbons (Fsp3) is 0.227. The monoisotopic (exact) mass is 423 g/mol. The fourth-order valence-electron chi connectivity index (χ4n) is 3.30. The Kier molecular flexibility index (Phi) is 5.67. The second kappa shape index (κ2) is 8.54. The number of thiophene rings is 1. The largest absolute Gasteiger partial charge is 0.459 e. The first-order chi connectivity index (χ1) is 14.5. The van der Waals surface area contributed by atoms with Crippen LogP contribution in [0.4, 0.5) is 0 Å². The van der Waals surface area contributed by atoms with E-state index in [1.54, 1.807) is 26.0 Å². The molecule has 3 heterocycles. The lowest BCUT2D eigenvalue weighted by molar-refractivity contribution is -0.147. The van der Waals surface area contributed by atoms with E-state index >= 15 is 0 Å². The Morgan fingerprint density at radius 1 is 1.23 bits per heavy atom. The number of amides is 1. The number of aromatic amines is 1. The van der Waals surface area contributed by atoms with Crippen LogP contribution in [0.1, 0.15) is 32.3 Å². The van der Waals surface area contributed by atoms with Crippen LogP contribution in [-0.2, 0) is 22.6 Å². The highest BCUT2D eigenvalue weighted by Gasteiger charge is 2.26. The molecule has 1 amide bonds. The van der Waals surface area contributed by atoms with Gasteiger partial charge >= 0.3 is 5.97 Å². The number of esters is 1. The summed E-state index contributed by atoms with van der Waals surface area (Å²) >= 11 is 1.32. The van der Waals surface area contributed by atoms with Gasteiger partial charge in [-0.2, -0.15) is 0 Å². The molecular formula is C22H21N3O4S. The molecule has 1 atom stereocenters. The number of carbonyl (C=O) groups excluding carboxylic acids is 2. The molecule has 0 unspecified atom stereocenters. The molecule has 4 rings (SSSR count). The number of aryl methyl sites for hydroxylation is 2. The molecule has 0 aliphatic rings. The summed E-state index contributed by atoms with van der Waals surface area (Å²) in [7, 11) is 0. The molecule has 8 heteroatoms. The van der Waals surface area contributed by atoms with Gasteiger partial charge in [0, 0.05) is 23.5 Å². The van der Waals surface area contributed by atoms with Gasteiger partial charge in [-0.05, 0) is 36.9 Å². The number of hydrogen-bond donors (Lipinski definition) is 2. The van der Waals surface area contributed by atoms with Gasteiger partial charge in [-0.15, -0.1) is 11.3 Å². The van der Waals surface area contributed by atoms with Gasteiger partial charge in [0.25, 0.3) is 5.91 Å². The highest BCUT2D eigenvalue weighted by molar-refractivity contribution is 7.12. The number of ether oxygens (including phenoxy) is 1. The third-order valence-electron chi connectivity index (χ3n) is 4.97. The molecule has 0 radical (unpaired) electrons. The maximum Gasteiger partial charge on any atom is 0.329 e. The zero-order valence-corrected chi connectivity index (χ0v) is 17.4. The van der Waals surface area contributed by atoms with Crippen LogP contribution in [0.3, 0.4) is 0 Å². The number of aromatic nitrogens is 2. The molecule has 0 saturated heterocycles. The van der Waals surface area contributed by atoms with Crippen molar-refractivity contribution in [1.29, 1.82) is 0 Å². The van der Waals surface area contributed by atoms with Gasteiger partial charge < -0.3 is 19.6 Å². The van der Waals surface area contributed by atoms with Crippen molar-refractivity contribution in [3.63, 3.8) is 0 Å². The van der Waals surface area contributed by atoms with Crippen molar-refractivity contribution in [3.05, 3.63) is 75.4 Å². The summed E-state index contributed by atoms with van der Waals surface area (Å²) in [6.45, 7) is 3.60. The molecule has 0 aliphatic carbocycles. The first kappa shape index (κ1) is 19.9. The van der Waals surface area contributed by atoms with Crippen LogP contribution >= 0.6 is 11.3 Å². The third kappa shape index (κ3) is 4.13. The lowest BCUT2D eigenvalue weighted by Crippen LogP contribution is -2.43. The van der Waals surface area contributed by atoms with Gasteiger partial charge in [0.2, 0.25) is 0 Å². The molecule has 0 saturated carbocycles. The van der Waals surface area contributed by atoms with Crippen LogP contribution < -0.4 is 5.32 Å². The van der Waals surface area contributed by atoms with E-state index in [9.17, 15) is 9.59 Å². The number of H-pyrrole nitrogens is 1.